The highest BCUT2D eigenvalue weighted by Gasteiger charge is 2.24. The minimum atomic E-state index is -0.231. The first-order valence-electron chi connectivity index (χ1n) is 8.67. The van der Waals surface area contributed by atoms with Crippen molar-refractivity contribution in [3.63, 3.8) is 0 Å². The maximum absolute atomic E-state index is 13.3. The quantitative estimate of drug-likeness (QED) is 0.470. The number of aromatic nitrogens is 1. The number of hydrogen-bond acceptors (Lipinski definition) is 5. The van der Waals surface area contributed by atoms with Gasteiger partial charge in [0.05, 0.1) is 22.4 Å². The molecule has 0 unspecified atom stereocenters. The second-order valence-electron chi connectivity index (χ2n) is 6.64. The van der Waals surface area contributed by atoms with Crippen molar-refractivity contribution in [2.45, 2.75) is 6.92 Å². The molecule has 9 heteroatoms. The van der Waals surface area contributed by atoms with Gasteiger partial charge in [0, 0.05) is 18.1 Å². The number of nitrogens with zero attached hydrogens (tertiary/aromatic N) is 3. The van der Waals surface area contributed by atoms with Crippen LogP contribution in [0, 0.1) is 6.92 Å². The number of ether oxygens (including phenoxy) is 1. The zero-order valence-electron chi connectivity index (χ0n) is 16.5. The molecular weight excluding hydrogens is 453 g/mol. The molecule has 0 radical (unpaired) electrons. The number of aryl methyl sites for hydroxylation is 1. The average molecular weight is 475 g/mol. The van der Waals surface area contributed by atoms with E-state index in [1.165, 1.54) is 11.3 Å². The number of thiazole rings is 1. The molecule has 3 aromatic rings. The Kier molecular flexibility index (Phi) is 8.14. The number of benzene rings is 2. The van der Waals surface area contributed by atoms with E-state index in [0.29, 0.717) is 39.6 Å². The lowest BCUT2D eigenvalue weighted by molar-refractivity contribution is 0.0985. The van der Waals surface area contributed by atoms with Gasteiger partial charge in [0.25, 0.3) is 5.91 Å². The van der Waals surface area contributed by atoms with Crippen LogP contribution in [0.1, 0.15) is 15.9 Å². The molecule has 0 N–H and O–H groups in total. The number of carbonyl (C=O) groups is 1. The molecule has 1 heterocycles. The van der Waals surface area contributed by atoms with Crippen LogP contribution >= 0.6 is 46.9 Å². The SMILES string of the molecule is COc1ccc(C)c2sc(N(CCN(C)C)C(=O)c3cc(Cl)ccc3Cl)nc12.Cl. The minimum Gasteiger partial charge on any atom is -0.494 e. The Morgan fingerprint density at radius 2 is 1.90 bits per heavy atom. The van der Waals surface area contributed by atoms with Crippen LogP contribution < -0.4 is 9.64 Å². The molecule has 1 amide bonds. The fourth-order valence-electron chi connectivity index (χ4n) is 2.77. The van der Waals surface area contributed by atoms with E-state index < -0.39 is 0 Å². The first-order chi connectivity index (χ1) is 13.3. The van der Waals surface area contributed by atoms with Gasteiger partial charge in [0.2, 0.25) is 0 Å². The highest BCUT2D eigenvalue weighted by atomic mass is 35.5. The van der Waals surface area contributed by atoms with Gasteiger partial charge in [-0.15, -0.1) is 12.4 Å². The summed E-state index contributed by atoms with van der Waals surface area (Å²) in [4.78, 5) is 21.7. The Balaban J connectivity index is 0.00000300. The second kappa shape index (κ2) is 9.96. The largest absolute Gasteiger partial charge is 0.494 e. The van der Waals surface area contributed by atoms with Crippen molar-refractivity contribution in [2.75, 3.05) is 39.2 Å². The van der Waals surface area contributed by atoms with Gasteiger partial charge >= 0.3 is 0 Å². The molecule has 5 nitrogen and oxygen atoms in total. The summed E-state index contributed by atoms with van der Waals surface area (Å²) in [6.45, 7) is 3.16. The maximum atomic E-state index is 13.3. The minimum absolute atomic E-state index is 0. The number of rotatable bonds is 6. The number of halogens is 3. The number of likely N-dealkylation sites (N-methyl/N-ethyl adjacent to an activating group) is 1. The van der Waals surface area contributed by atoms with E-state index in [1.54, 1.807) is 30.2 Å². The first-order valence-corrected chi connectivity index (χ1v) is 10.2. The van der Waals surface area contributed by atoms with Crippen LogP contribution in [0.4, 0.5) is 5.13 Å². The van der Waals surface area contributed by atoms with E-state index in [1.807, 2.05) is 38.1 Å². The molecule has 29 heavy (non-hydrogen) atoms. The van der Waals surface area contributed by atoms with Gasteiger partial charge < -0.3 is 9.64 Å². The van der Waals surface area contributed by atoms with Gasteiger partial charge in [-0.2, -0.15) is 0 Å². The average Bonchev–Trinajstić information content (AvgIpc) is 3.10. The maximum Gasteiger partial charge on any atom is 0.261 e. The Morgan fingerprint density at radius 3 is 2.55 bits per heavy atom. The lowest BCUT2D eigenvalue weighted by Crippen LogP contribution is -2.36. The normalized spacial score (nSPS) is 10.9. The number of anilines is 1. The topological polar surface area (TPSA) is 45.7 Å². The lowest BCUT2D eigenvalue weighted by Gasteiger charge is -2.22. The monoisotopic (exact) mass is 473 g/mol. The Labute approximate surface area is 190 Å². The molecule has 0 aliphatic heterocycles. The number of amides is 1. The van der Waals surface area contributed by atoms with Crippen molar-refractivity contribution in [1.29, 1.82) is 0 Å². The highest BCUT2D eigenvalue weighted by molar-refractivity contribution is 7.22. The summed E-state index contributed by atoms with van der Waals surface area (Å²) in [5.41, 5.74) is 2.19. The molecule has 2 aromatic carbocycles. The Bertz CT molecular complexity index is 1020. The van der Waals surface area contributed by atoms with Crippen molar-refractivity contribution < 1.29 is 9.53 Å². The van der Waals surface area contributed by atoms with E-state index in [-0.39, 0.29) is 18.3 Å². The summed E-state index contributed by atoms with van der Waals surface area (Å²) in [7, 11) is 5.53. The Hall–Kier alpha value is -1.57. The van der Waals surface area contributed by atoms with Crippen LogP contribution in [0.5, 0.6) is 5.75 Å². The molecule has 156 valence electrons. The third-order valence-electron chi connectivity index (χ3n) is 4.32. The van der Waals surface area contributed by atoms with Crippen molar-refractivity contribution in [1.82, 2.24) is 9.88 Å². The third kappa shape index (κ3) is 5.13. The lowest BCUT2D eigenvalue weighted by atomic mass is 10.2. The van der Waals surface area contributed by atoms with Crippen LogP contribution in [-0.4, -0.2) is 50.1 Å². The van der Waals surface area contributed by atoms with Crippen LogP contribution in [0.2, 0.25) is 10.0 Å². The van der Waals surface area contributed by atoms with Crippen LogP contribution in [0.3, 0.4) is 0 Å². The molecule has 0 saturated carbocycles. The van der Waals surface area contributed by atoms with Gasteiger partial charge in [0.15, 0.2) is 5.13 Å². The molecule has 0 spiro atoms. The molecule has 0 aliphatic carbocycles. The molecule has 0 atom stereocenters. The standard InChI is InChI=1S/C20H21Cl2N3O2S.ClH/c1-12-5-8-16(27-4)17-18(12)28-20(23-17)25(10-9-24(2)3)19(26)14-11-13(21)6-7-15(14)22;/h5-8,11H,9-10H2,1-4H3;1H. The molecule has 3 rings (SSSR count). The van der Waals surface area contributed by atoms with Gasteiger partial charge in [0.1, 0.15) is 11.3 Å². The van der Waals surface area contributed by atoms with E-state index in [2.05, 4.69) is 0 Å². The van der Waals surface area contributed by atoms with Gasteiger partial charge in [-0.3, -0.25) is 9.69 Å². The van der Waals surface area contributed by atoms with Crippen molar-refractivity contribution in [3.8, 4) is 5.75 Å². The van der Waals surface area contributed by atoms with Crippen LogP contribution in [-0.2, 0) is 0 Å². The smallest absolute Gasteiger partial charge is 0.261 e. The predicted octanol–water partition coefficient (Wildman–Crippen LogP) is 5.55. The van der Waals surface area contributed by atoms with Gasteiger partial charge in [-0.25, -0.2) is 4.98 Å². The Morgan fingerprint density at radius 1 is 1.17 bits per heavy atom. The molecule has 0 aliphatic rings. The fourth-order valence-corrected chi connectivity index (χ4v) is 4.22. The molecule has 1 aromatic heterocycles. The van der Waals surface area contributed by atoms with Crippen LogP contribution in [0.25, 0.3) is 10.2 Å². The molecular formula is C20H22Cl3N3O2S. The van der Waals surface area contributed by atoms with Crippen molar-refractivity contribution >= 4 is 68.2 Å². The third-order valence-corrected chi connectivity index (χ3v) is 6.10. The molecule has 0 fully saturated rings. The van der Waals surface area contributed by atoms with Gasteiger partial charge in [-0.1, -0.05) is 40.6 Å². The van der Waals surface area contributed by atoms with Crippen molar-refractivity contribution in [3.05, 3.63) is 51.5 Å². The second-order valence-corrected chi connectivity index (χ2v) is 8.46. The molecule has 0 saturated heterocycles. The van der Waals surface area contributed by atoms with Gasteiger partial charge in [-0.05, 0) is 50.8 Å². The zero-order valence-corrected chi connectivity index (χ0v) is 19.7. The van der Waals surface area contributed by atoms with E-state index in [0.717, 1.165) is 15.8 Å². The van der Waals surface area contributed by atoms with Crippen molar-refractivity contribution in [2.24, 2.45) is 0 Å². The predicted molar refractivity (Wildman–Crippen MR) is 125 cm³/mol. The van der Waals surface area contributed by atoms with E-state index in [9.17, 15) is 4.79 Å². The summed E-state index contributed by atoms with van der Waals surface area (Å²) in [6.07, 6.45) is 0. The van der Waals surface area contributed by atoms with E-state index >= 15 is 0 Å². The summed E-state index contributed by atoms with van der Waals surface area (Å²) < 4.78 is 6.44. The molecule has 0 bridgehead atoms. The summed E-state index contributed by atoms with van der Waals surface area (Å²) in [6, 6.07) is 8.77. The van der Waals surface area contributed by atoms with E-state index in [4.69, 9.17) is 32.9 Å². The summed E-state index contributed by atoms with van der Waals surface area (Å²) in [5.74, 6) is 0.453. The van der Waals surface area contributed by atoms with Crippen LogP contribution in [0.15, 0.2) is 30.3 Å². The number of hydrogen-bond donors (Lipinski definition) is 0. The fraction of sp³-hybridized carbons (Fsp3) is 0.300. The number of fused-ring (bicyclic) bond motifs is 1. The zero-order chi connectivity index (χ0) is 20.4. The summed E-state index contributed by atoms with van der Waals surface area (Å²) in [5, 5.41) is 1.42. The number of methoxy groups -OCH3 is 1. The summed E-state index contributed by atoms with van der Waals surface area (Å²) >= 11 is 13.8. The highest BCUT2D eigenvalue weighted by Crippen LogP contribution is 2.37. The first kappa shape index (κ1) is 23.7. The number of carbonyl (C=O) groups excluding carboxylic acids is 1.